The van der Waals surface area contributed by atoms with Crippen LogP contribution in [0, 0.1) is 0 Å². The maximum Gasteiger partial charge on any atom is 0.128 e. The van der Waals surface area contributed by atoms with E-state index in [-0.39, 0.29) is 0 Å². The molecule has 0 aliphatic carbocycles. The second-order valence-electron chi connectivity index (χ2n) is 7.84. The van der Waals surface area contributed by atoms with Gasteiger partial charge in [-0.25, -0.2) is 0 Å². The summed E-state index contributed by atoms with van der Waals surface area (Å²) in [6.07, 6.45) is 19.8. The van der Waals surface area contributed by atoms with Gasteiger partial charge in [0.25, 0.3) is 0 Å². The van der Waals surface area contributed by atoms with Crippen molar-refractivity contribution in [1.29, 1.82) is 0 Å². The van der Waals surface area contributed by atoms with Crippen molar-refractivity contribution < 1.29 is 9.94 Å². The van der Waals surface area contributed by atoms with Gasteiger partial charge in [0.2, 0.25) is 0 Å². The summed E-state index contributed by atoms with van der Waals surface area (Å²) in [5.41, 5.74) is 1.58. The Hall–Kier alpha value is -1.51. The normalized spacial score (nSPS) is 11.7. The van der Waals surface area contributed by atoms with Crippen LogP contribution >= 0.6 is 0 Å². The van der Waals surface area contributed by atoms with Crippen molar-refractivity contribution in [3.8, 4) is 5.75 Å². The van der Waals surface area contributed by atoms with E-state index in [9.17, 15) is 0 Å². The van der Waals surface area contributed by atoms with Crippen molar-refractivity contribution >= 4 is 5.71 Å². The van der Waals surface area contributed by atoms with E-state index in [4.69, 9.17) is 9.94 Å². The summed E-state index contributed by atoms with van der Waals surface area (Å²) in [5.74, 6) is 0.826. The highest BCUT2D eigenvalue weighted by Gasteiger charge is 2.08. The summed E-state index contributed by atoms with van der Waals surface area (Å²) < 4.78 is 5.94. The summed E-state index contributed by atoms with van der Waals surface area (Å²) in [4.78, 5) is 0. The highest BCUT2D eigenvalue weighted by molar-refractivity contribution is 6.02. The number of para-hydroxylation sites is 1. The van der Waals surface area contributed by atoms with Crippen LogP contribution in [0.25, 0.3) is 0 Å². The molecular formula is C25H43NO2. The fraction of sp³-hybridized carbons (Fsp3) is 0.720. The summed E-state index contributed by atoms with van der Waals surface area (Å²) in [6, 6.07) is 7.84. The van der Waals surface area contributed by atoms with Gasteiger partial charge in [0, 0.05) is 5.56 Å². The van der Waals surface area contributed by atoms with Crippen molar-refractivity contribution in [3.63, 3.8) is 0 Å². The minimum Gasteiger partial charge on any atom is -0.493 e. The number of benzene rings is 1. The summed E-state index contributed by atoms with van der Waals surface area (Å²) >= 11 is 0. The van der Waals surface area contributed by atoms with Gasteiger partial charge in [-0.15, -0.1) is 0 Å². The third kappa shape index (κ3) is 11.4. The molecule has 0 radical (unpaired) electrons. The Morgan fingerprint density at radius 2 is 1.25 bits per heavy atom. The zero-order valence-electron chi connectivity index (χ0n) is 18.4. The number of nitrogens with zero attached hydrogens (tertiary/aromatic N) is 1. The zero-order valence-corrected chi connectivity index (χ0v) is 18.4. The molecule has 3 nitrogen and oxygen atoms in total. The first-order valence-corrected chi connectivity index (χ1v) is 11.8. The minimum atomic E-state index is 0.677. The summed E-state index contributed by atoms with van der Waals surface area (Å²) in [5, 5.41) is 12.5. The van der Waals surface area contributed by atoms with Gasteiger partial charge in [-0.1, -0.05) is 115 Å². The molecule has 0 saturated heterocycles. The maximum absolute atomic E-state index is 9.14. The standard InChI is InChI=1S/C25H43NO2/c1-3-5-6-7-8-9-10-11-12-13-14-15-16-19-22-28-25-21-18-17-20-23(25)24(4-2)26-27/h17-18,20-21,27H,3-16,19,22H2,1-2H3. The monoisotopic (exact) mass is 389 g/mol. The Bertz CT molecular complexity index is 513. The molecule has 0 spiro atoms. The quantitative estimate of drug-likeness (QED) is 0.119. The molecule has 0 aliphatic heterocycles. The smallest absolute Gasteiger partial charge is 0.128 e. The Morgan fingerprint density at radius 3 is 1.75 bits per heavy atom. The number of oxime groups is 1. The number of hydrogen-bond donors (Lipinski definition) is 1. The lowest BCUT2D eigenvalue weighted by Crippen LogP contribution is -2.05. The molecule has 28 heavy (non-hydrogen) atoms. The highest BCUT2D eigenvalue weighted by atomic mass is 16.5. The van der Waals surface area contributed by atoms with Crippen molar-refractivity contribution in [1.82, 2.24) is 0 Å². The van der Waals surface area contributed by atoms with Crippen LogP contribution in [-0.4, -0.2) is 17.5 Å². The van der Waals surface area contributed by atoms with Crippen LogP contribution in [0.15, 0.2) is 29.4 Å². The number of rotatable bonds is 18. The van der Waals surface area contributed by atoms with Gasteiger partial charge in [0.1, 0.15) is 5.75 Å². The molecule has 1 aromatic rings. The molecule has 0 bridgehead atoms. The predicted octanol–water partition coefficient (Wildman–Crippen LogP) is 8.14. The van der Waals surface area contributed by atoms with Gasteiger partial charge < -0.3 is 9.94 Å². The van der Waals surface area contributed by atoms with Crippen molar-refractivity contribution in [2.24, 2.45) is 5.16 Å². The van der Waals surface area contributed by atoms with E-state index in [1.54, 1.807) is 0 Å². The molecule has 0 atom stereocenters. The molecule has 3 heteroatoms. The molecule has 0 aromatic heterocycles. The van der Waals surface area contributed by atoms with E-state index < -0.39 is 0 Å². The molecule has 0 amide bonds. The lowest BCUT2D eigenvalue weighted by Gasteiger charge is -2.11. The zero-order chi connectivity index (χ0) is 20.3. The van der Waals surface area contributed by atoms with Crippen LogP contribution in [-0.2, 0) is 0 Å². The lowest BCUT2D eigenvalue weighted by molar-refractivity contribution is 0.301. The highest BCUT2D eigenvalue weighted by Crippen LogP contribution is 2.21. The predicted molar refractivity (Wildman–Crippen MR) is 121 cm³/mol. The van der Waals surface area contributed by atoms with Gasteiger partial charge in [0.15, 0.2) is 0 Å². The van der Waals surface area contributed by atoms with Gasteiger partial charge in [-0.05, 0) is 25.0 Å². The van der Waals surface area contributed by atoms with Crippen LogP contribution in [0.3, 0.4) is 0 Å². The Kier molecular flexibility index (Phi) is 15.4. The van der Waals surface area contributed by atoms with Crippen LogP contribution in [0.2, 0.25) is 0 Å². The first kappa shape index (κ1) is 24.5. The molecule has 0 aliphatic rings. The average molecular weight is 390 g/mol. The molecule has 0 unspecified atom stereocenters. The molecule has 1 rings (SSSR count). The van der Waals surface area contributed by atoms with Crippen LogP contribution in [0.1, 0.15) is 116 Å². The molecule has 1 N–H and O–H groups in total. The topological polar surface area (TPSA) is 41.8 Å². The first-order valence-electron chi connectivity index (χ1n) is 11.8. The third-order valence-electron chi connectivity index (χ3n) is 5.41. The van der Waals surface area contributed by atoms with Crippen LogP contribution in [0.5, 0.6) is 5.75 Å². The largest absolute Gasteiger partial charge is 0.493 e. The minimum absolute atomic E-state index is 0.677. The van der Waals surface area contributed by atoms with Gasteiger partial charge in [-0.3, -0.25) is 0 Å². The fourth-order valence-corrected chi connectivity index (χ4v) is 3.62. The van der Waals surface area contributed by atoms with Gasteiger partial charge >= 0.3 is 0 Å². The average Bonchev–Trinajstić information content (AvgIpc) is 2.72. The maximum atomic E-state index is 9.14. The Balaban J connectivity index is 1.98. The number of unbranched alkanes of at least 4 members (excludes halogenated alkanes) is 13. The van der Waals surface area contributed by atoms with Gasteiger partial charge in [-0.2, -0.15) is 0 Å². The molecule has 0 fully saturated rings. The van der Waals surface area contributed by atoms with Crippen molar-refractivity contribution in [2.75, 3.05) is 6.61 Å². The third-order valence-corrected chi connectivity index (χ3v) is 5.41. The summed E-state index contributed by atoms with van der Waals surface area (Å²) in [6.45, 7) is 5.00. The van der Waals surface area contributed by atoms with E-state index in [1.807, 2.05) is 31.2 Å². The van der Waals surface area contributed by atoms with E-state index in [2.05, 4.69) is 12.1 Å². The first-order chi connectivity index (χ1) is 13.8. The molecule has 1 aromatic carbocycles. The molecule has 160 valence electrons. The van der Waals surface area contributed by atoms with E-state index in [0.717, 1.165) is 24.3 Å². The van der Waals surface area contributed by atoms with Crippen molar-refractivity contribution in [3.05, 3.63) is 29.8 Å². The van der Waals surface area contributed by atoms with Crippen molar-refractivity contribution in [2.45, 2.75) is 110 Å². The Morgan fingerprint density at radius 1 is 0.750 bits per heavy atom. The second kappa shape index (κ2) is 17.6. The van der Waals surface area contributed by atoms with E-state index >= 15 is 0 Å². The second-order valence-corrected chi connectivity index (χ2v) is 7.84. The van der Waals surface area contributed by atoms with E-state index in [0.29, 0.717) is 12.1 Å². The SMILES string of the molecule is CCCCCCCCCCCCCCCCOc1ccccc1C(CC)=NO. The van der Waals surface area contributed by atoms with Gasteiger partial charge in [0.05, 0.1) is 12.3 Å². The summed E-state index contributed by atoms with van der Waals surface area (Å²) in [7, 11) is 0. The molecular weight excluding hydrogens is 346 g/mol. The van der Waals surface area contributed by atoms with E-state index in [1.165, 1.54) is 83.5 Å². The number of hydrogen-bond acceptors (Lipinski definition) is 3. The van der Waals surface area contributed by atoms with Crippen LogP contribution < -0.4 is 4.74 Å². The number of ether oxygens (including phenoxy) is 1. The molecule has 0 heterocycles. The fourth-order valence-electron chi connectivity index (χ4n) is 3.62. The Labute approximate surface area is 173 Å². The molecule has 0 saturated carbocycles. The lowest BCUT2D eigenvalue weighted by atomic mass is 10.0. The van der Waals surface area contributed by atoms with Crippen LogP contribution in [0.4, 0.5) is 0 Å².